The molecule has 0 aromatic heterocycles. The molecule has 1 heterocycles. The summed E-state index contributed by atoms with van der Waals surface area (Å²) in [6, 6.07) is 7.75. The van der Waals surface area contributed by atoms with Crippen LogP contribution < -0.4 is 4.74 Å². The zero-order valence-corrected chi connectivity index (χ0v) is 10.3. The first-order chi connectivity index (χ1) is 8.33. The smallest absolute Gasteiger partial charge is 0.125 e. The number of rotatable bonds is 4. The molecule has 1 aliphatic rings. The molecule has 1 saturated heterocycles. The fraction of sp³-hybridized carbons (Fsp3) is 0.571. The summed E-state index contributed by atoms with van der Waals surface area (Å²) in [5.41, 5.74) is 0.904. The summed E-state index contributed by atoms with van der Waals surface area (Å²) in [4.78, 5) is 0. The zero-order chi connectivity index (χ0) is 12.1. The summed E-state index contributed by atoms with van der Waals surface area (Å²) in [5, 5.41) is 10.4. The van der Waals surface area contributed by atoms with Crippen LogP contribution in [0.2, 0.25) is 0 Å². The molecule has 1 atom stereocenters. The molecule has 2 rings (SSSR count). The molecule has 0 amide bonds. The fourth-order valence-corrected chi connectivity index (χ4v) is 2.30. The van der Waals surface area contributed by atoms with E-state index < -0.39 is 6.10 Å². The molecule has 1 N–H and O–H groups in total. The van der Waals surface area contributed by atoms with Crippen molar-refractivity contribution in [3.63, 3.8) is 0 Å². The molecule has 17 heavy (non-hydrogen) atoms. The van der Waals surface area contributed by atoms with E-state index in [1.807, 2.05) is 31.2 Å². The highest BCUT2D eigenvalue weighted by Gasteiger charge is 2.25. The van der Waals surface area contributed by atoms with Crippen molar-refractivity contribution in [3.8, 4) is 5.75 Å². The van der Waals surface area contributed by atoms with Crippen LogP contribution in [0, 0.1) is 5.92 Å². The quantitative estimate of drug-likeness (QED) is 0.873. The second kappa shape index (κ2) is 6.03. The molecule has 0 radical (unpaired) electrons. The first kappa shape index (κ1) is 12.4. The van der Waals surface area contributed by atoms with E-state index >= 15 is 0 Å². The largest absolute Gasteiger partial charge is 0.493 e. The second-order valence-electron chi connectivity index (χ2n) is 4.37. The first-order valence-corrected chi connectivity index (χ1v) is 6.30. The van der Waals surface area contributed by atoms with Gasteiger partial charge in [-0.1, -0.05) is 18.2 Å². The molecule has 1 fully saturated rings. The molecule has 0 aliphatic carbocycles. The normalized spacial score (nSPS) is 18.9. The van der Waals surface area contributed by atoms with Crippen molar-refractivity contribution in [2.24, 2.45) is 5.92 Å². The minimum absolute atomic E-state index is 0.283. The van der Waals surface area contributed by atoms with Gasteiger partial charge in [0.2, 0.25) is 0 Å². The van der Waals surface area contributed by atoms with Gasteiger partial charge in [-0.15, -0.1) is 0 Å². The Bertz CT molecular complexity index is 345. The minimum Gasteiger partial charge on any atom is -0.493 e. The van der Waals surface area contributed by atoms with Gasteiger partial charge in [0.05, 0.1) is 12.7 Å². The number of hydrogen-bond donors (Lipinski definition) is 1. The average molecular weight is 236 g/mol. The molecule has 1 aromatic rings. The highest BCUT2D eigenvalue weighted by molar-refractivity contribution is 5.35. The van der Waals surface area contributed by atoms with Gasteiger partial charge in [-0.25, -0.2) is 0 Å². The molecular formula is C14H20O3. The SMILES string of the molecule is CCOc1ccccc1C(O)C1CCOCC1. The van der Waals surface area contributed by atoms with Gasteiger partial charge in [0.1, 0.15) is 5.75 Å². The van der Waals surface area contributed by atoms with E-state index in [0.29, 0.717) is 6.61 Å². The summed E-state index contributed by atoms with van der Waals surface area (Å²) in [6.07, 6.45) is 1.39. The van der Waals surface area contributed by atoms with E-state index in [9.17, 15) is 5.11 Å². The van der Waals surface area contributed by atoms with Crippen LogP contribution in [0.15, 0.2) is 24.3 Å². The number of hydrogen-bond acceptors (Lipinski definition) is 3. The van der Waals surface area contributed by atoms with E-state index in [2.05, 4.69) is 0 Å². The van der Waals surface area contributed by atoms with Gasteiger partial charge in [0.25, 0.3) is 0 Å². The minimum atomic E-state index is -0.443. The monoisotopic (exact) mass is 236 g/mol. The molecular weight excluding hydrogens is 216 g/mol. The van der Waals surface area contributed by atoms with Crippen molar-refractivity contribution in [1.29, 1.82) is 0 Å². The zero-order valence-electron chi connectivity index (χ0n) is 10.3. The van der Waals surface area contributed by atoms with E-state index in [-0.39, 0.29) is 5.92 Å². The Hall–Kier alpha value is -1.06. The van der Waals surface area contributed by atoms with Crippen LogP contribution >= 0.6 is 0 Å². The Balaban J connectivity index is 2.14. The molecule has 1 aromatic carbocycles. The summed E-state index contributed by atoms with van der Waals surface area (Å²) in [5.74, 6) is 1.08. The van der Waals surface area contributed by atoms with Crippen LogP contribution in [0.3, 0.4) is 0 Å². The van der Waals surface area contributed by atoms with E-state index in [1.165, 1.54) is 0 Å². The summed E-state index contributed by atoms with van der Waals surface area (Å²) < 4.78 is 10.9. The van der Waals surface area contributed by atoms with Gasteiger partial charge in [0.15, 0.2) is 0 Å². The number of para-hydroxylation sites is 1. The lowest BCUT2D eigenvalue weighted by atomic mass is 9.89. The lowest BCUT2D eigenvalue weighted by Crippen LogP contribution is -2.22. The molecule has 0 bridgehead atoms. The highest BCUT2D eigenvalue weighted by atomic mass is 16.5. The van der Waals surface area contributed by atoms with Crippen LogP contribution in [0.1, 0.15) is 31.4 Å². The molecule has 3 nitrogen and oxygen atoms in total. The van der Waals surface area contributed by atoms with Crippen LogP contribution in [0.4, 0.5) is 0 Å². The fourth-order valence-electron chi connectivity index (χ4n) is 2.30. The molecule has 1 unspecified atom stereocenters. The molecule has 94 valence electrons. The van der Waals surface area contributed by atoms with Crippen molar-refractivity contribution in [2.45, 2.75) is 25.9 Å². The molecule has 0 saturated carbocycles. The molecule has 1 aliphatic heterocycles. The number of aliphatic hydroxyl groups is 1. The van der Waals surface area contributed by atoms with Crippen LogP contribution in [0.25, 0.3) is 0 Å². The molecule has 0 spiro atoms. The topological polar surface area (TPSA) is 38.7 Å². The van der Waals surface area contributed by atoms with E-state index in [1.54, 1.807) is 0 Å². The van der Waals surface area contributed by atoms with Gasteiger partial charge >= 0.3 is 0 Å². The Morgan fingerprint density at radius 1 is 1.35 bits per heavy atom. The third kappa shape index (κ3) is 2.99. The summed E-state index contributed by atoms with van der Waals surface area (Å²) in [6.45, 7) is 4.08. The average Bonchev–Trinajstić information content (AvgIpc) is 2.40. The van der Waals surface area contributed by atoms with Crippen LogP contribution in [-0.4, -0.2) is 24.9 Å². The Labute approximate surface area is 102 Å². The maximum absolute atomic E-state index is 10.4. The predicted octanol–water partition coefficient (Wildman–Crippen LogP) is 2.55. The Morgan fingerprint density at radius 2 is 2.06 bits per heavy atom. The van der Waals surface area contributed by atoms with Gasteiger partial charge in [-0.05, 0) is 31.7 Å². The lowest BCUT2D eigenvalue weighted by molar-refractivity contribution is 0.00621. The van der Waals surface area contributed by atoms with Gasteiger partial charge in [-0.3, -0.25) is 0 Å². The predicted molar refractivity (Wildman–Crippen MR) is 66.1 cm³/mol. The Morgan fingerprint density at radius 3 is 2.76 bits per heavy atom. The van der Waals surface area contributed by atoms with E-state index in [4.69, 9.17) is 9.47 Å². The maximum atomic E-state index is 10.4. The van der Waals surface area contributed by atoms with Crippen LogP contribution in [-0.2, 0) is 4.74 Å². The molecule has 3 heteroatoms. The highest BCUT2D eigenvalue weighted by Crippen LogP contribution is 2.34. The van der Waals surface area contributed by atoms with Gasteiger partial charge in [-0.2, -0.15) is 0 Å². The van der Waals surface area contributed by atoms with Crippen molar-refractivity contribution in [3.05, 3.63) is 29.8 Å². The lowest BCUT2D eigenvalue weighted by Gasteiger charge is -2.27. The van der Waals surface area contributed by atoms with Gasteiger partial charge < -0.3 is 14.6 Å². The van der Waals surface area contributed by atoms with Crippen molar-refractivity contribution in [1.82, 2.24) is 0 Å². The van der Waals surface area contributed by atoms with E-state index in [0.717, 1.165) is 37.4 Å². The summed E-state index contributed by atoms with van der Waals surface area (Å²) >= 11 is 0. The first-order valence-electron chi connectivity index (χ1n) is 6.30. The Kier molecular flexibility index (Phi) is 4.40. The number of ether oxygens (including phenoxy) is 2. The van der Waals surface area contributed by atoms with Crippen molar-refractivity contribution < 1.29 is 14.6 Å². The second-order valence-corrected chi connectivity index (χ2v) is 4.37. The number of benzene rings is 1. The van der Waals surface area contributed by atoms with Crippen molar-refractivity contribution >= 4 is 0 Å². The third-order valence-electron chi connectivity index (χ3n) is 3.25. The number of aliphatic hydroxyl groups excluding tert-OH is 1. The van der Waals surface area contributed by atoms with Crippen LogP contribution in [0.5, 0.6) is 5.75 Å². The summed E-state index contributed by atoms with van der Waals surface area (Å²) in [7, 11) is 0. The standard InChI is InChI=1S/C14H20O3/c1-2-17-13-6-4-3-5-12(13)14(15)11-7-9-16-10-8-11/h3-6,11,14-15H,2,7-10H2,1H3. The third-order valence-corrected chi connectivity index (χ3v) is 3.25. The van der Waals surface area contributed by atoms with Gasteiger partial charge in [0, 0.05) is 18.8 Å². The maximum Gasteiger partial charge on any atom is 0.125 e. The van der Waals surface area contributed by atoms with Crippen molar-refractivity contribution in [2.75, 3.05) is 19.8 Å².